The van der Waals surface area contributed by atoms with Crippen molar-refractivity contribution in [2.45, 2.75) is 38.6 Å². The summed E-state index contributed by atoms with van der Waals surface area (Å²) in [5.74, 6) is -0.169. The van der Waals surface area contributed by atoms with Crippen molar-refractivity contribution in [3.63, 3.8) is 0 Å². The first kappa shape index (κ1) is 26.7. The Kier molecular flexibility index (Phi) is 7.05. The number of ether oxygens (including phenoxy) is 1. The van der Waals surface area contributed by atoms with E-state index in [2.05, 4.69) is 28.8 Å². The quantitative estimate of drug-likeness (QED) is 0.215. The fourth-order valence-electron chi connectivity index (χ4n) is 5.53. The van der Waals surface area contributed by atoms with Gasteiger partial charge in [0, 0.05) is 16.9 Å². The number of fused-ring (bicyclic) bond motifs is 1. The Labute approximate surface area is 236 Å². The summed E-state index contributed by atoms with van der Waals surface area (Å²) >= 11 is 0. The van der Waals surface area contributed by atoms with Crippen LogP contribution in [0.5, 0.6) is 11.5 Å². The smallest absolute Gasteiger partial charge is 0.214 e. The molecule has 1 fully saturated rings. The number of carbonyl (C=O) groups excluding carboxylic acids is 1. The molecule has 7 nitrogen and oxygen atoms in total. The van der Waals surface area contributed by atoms with Gasteiger partial charge in [0.15, 0.2) is 11.6 Å². The lowest BCUT2D eigenvalue weighted by Gasteiger charge is -2.34. The number of nitrogens with one attached hydrogen (secondary N) is 1. The standard InChI is InChI=1S/C32H31F2N5O2/c1-19(2)38-13-11-20(12-14-38)24-15-21-16-29(37-28(21)17-27(24)34)31(40)25-18-36-39(32(25)35)22-7-9-23(10-8-22)41-30-6-4-3-5-26(30)33/h3-10,15-20,37H,11-14,35H2,1-2H3. The van der Waals surface area contributed by atoms with Gasteiger partial charge in [-0.3, -0.25) is 4.79 Å². The van der Waals surface area contributed by atoms with E-state index in [1.807, 2.05) is 6.07 Å². The van der Waals surface area contributed by atoms with Crippen LogP contribution in [0, 0.1) is 11.6 Å². The highest BCUT2D eigenvalue weighted by Gasteiger charge is 2.25. The number of rotatable bonds is 7. The zero-order chi connectivity index (χ0) is 28.7. The SMILES string of the molecule is CC(C)N1CCC(c2cc3cc(C(=O)c4cnn(-c5ccc(Oc6ccccc6F)cc5)c4N)[nH]c3cc2F)CC1. The number of nitrogens with zero attached hydrogens (tertiary/aromatic N) is 3. The van der Waals surface area contributed by atoms with Crippen LogP contribution < -0.4 is 10.5 Å². The molecule has 3 N–H and O–H groups in total. The Morgan fingerprint density at radius 3 is 2.46 bits per heavy atom. The Balaban J connectivity index is 1.21. The molecule has 1 saturated heterocycles. The van der Waals surface area contributed by atoms with Gasteiger partial charge < -0.3 is 20.4 Å². The minimum atomic E-state index is -0.459. The predicted molar refractivity (Wildman–Crippen MR) is 155 cm³/mol. The number of likely N-dealkylation sites (tertiary alicyclic amines) is 1. The molecule has 41 heavy (non-hydrogen) atoms. The number of halogens is 2. The first-order valence-electron chi connectivity index (χ1n) is 13.8. The van der Waals surface area contributed by atoms with Crippen LogP contribution in [0.15, 0.2) is 72.9 Å². The molecular weight excluding hydrogens is 524 g/mol. The van der Waals surface area contributed by atoms with Gasteiger partial charge in [-0.2, -0.15) is 5.10 Å². The monoisotopic (exact) mass is 555 g/mol. The van der Waals surface area contributed by atoms with Gasteiger partial charge in [0.25, 0.3) is 0 Å². The summed E-state index contributed by atoms with van der Waals surface area (Å²) in [4.78, 5) is 18.9. The highest BCUT2D eigenvalue weighted by atomic mass is 19.1. The highest BCUT2D eigenvalue weighted by molar-refractivity contribution is 6.12. The number of hydrogen-bond acceptors (Lipinski definition) is 5. The zero-order valence-corrected chi connectivity index (χ0v) is 22.9. The third-order valence-corrected chi connectivity index (χ3v) is 7.88. The van der Waals surface area contributed by atoms with E-state index >= 15 is 4.39 Å². The maximum atomic E-state index is 15.1. The Bertz CT molecular complexity index is 1720. The van der Waals surface area contributed by atoms with Crippen molar-refractivity contribution < 1.29 is 18.3 Å². The zero-order valence-electron chi connectivity index (χ0n) is 22.9. The summed E-state index contributed by atoms with van der Waals surface area (Å²) in [7, 11) is 0. The van der Waals surface area contributed by atoms with Crippen LogP contribution in [-0.4, -0.2) is 44.6 Å². The lowest BCUT2D eigenvalue weighted by atomic mass is 9.88. The minimum absolute atomic E-state index is 0.119. The van der Waals surface area contributed by atoms with Crippen molar-refractivity contribution in [3.8, 4) is 17.2 Å². The number of benzene rings is 3. The molecular formula is C32H31F2N5O2. The highest BCUT2D eigenvalue weighted by Crippen LogP contribution is 2.34. The fraction of sp³-hybridized carbons (Fsp3) is 0.250. The molecule has 0 bridgehead atoms. The van der Waals surface area contributed by atoms with Crippen LogP contribution >= 0.6 is 0 Å². The van der Waals surface area contributed by atoms with Gasteiger partial charge in [0.2, 0.25) is 5.78 Å². The molecule has 0 amide bonds. The normalized spacial score (nSPS) is 14.7. The van der Waals surface area contributed by atoms with E-state index in [4.69, 9.17) is 10.5 Å². The molecule has 5 aromatic rings. The summed E-state index contributed by atoms with van der Waals surface area (Å²) in [6.45, 7) is 6.26. The molecule has 1 aliphatic heterocycles. The molecule has 9 heteroatoms. The number of piperidine rings is 1. The number of aromatic nitrogens is 3. The van der Waals surface area contributed by atoms with Gasteiger partial charge in [-0.25, -0.2) is 13.5 Å². The molecule has 1 aliphatic rings. The van der Waals surface area contributed by atoms with Crippen LogP contribution in [-0.2, 0) is 0 Å². The number of H-pyrrole nitrogens is 1. The number of hydrogen-bond donors (Lipinski definition) is 2. The second-order valence-corrected chi connectivity index (χ2v) is 10.8. The second kappa shape index (κ2) is 10.8. The summed E-state index contributed by atoms with van der Waals surface area (Å²) < 4.78 is 36.1. The largest absolute Gasteiger partial charge is 0.454 e. The van der Waals surface area contributed by atoms with E-state index in [0.717, 1.165) is 31.3 Å². The molecule has 0 saturated carbocycles. The van der Waals surface area contributed by atoms with Crippen molar-refractivity contribution in [3.05, 3.63) is 101 Å². The van der Waals surface area contributed by atoms with E-state index < -0.39 is 5.82 Å². The maximum absolute atomic E-state index is 15.1. The molecule has 0 atom stereocenters. The van der Waals surface area contributed by atoms with E-state index in [1.165, 1.54) is 23.0 Å². The molecule has 3 heterocycles. The predicted octanol–water partition coefficient (Wildman–Crippen LogP) is 6.83. The molecule has 0 radical (unpaired) electrons. The van der Waals surface area contributed by atoms with Crippen molar-refractivity contribution in [2.24, 2.45) is 0 Å². The van der Waals surface area contributed by atoms with Crippen LogP contribution in [0.4, 0.5) is 14.6 Å². The molecule has 0 spiro atoms. The van der Waals surface area contributed by atoms with Crippen molar-refractivity contribution >= 4 is 22.5 Å². The van der Waals surface area contributed by atoms with E-state index in [9.17, 15) is 9.18 Å². The van der Waals surface area contributed by atoms with Gasteiger partial charge in [0.1, 0.15) is 17.4 Å². The number of ketones is 1. The summed E-state index contributed by atoms with van der Waals surface area (Å²) in [5.41, 5.74) is 8.76. The Morgan fingerprint density at radius 1 is 1.02 bits per heavy atom. The molecule has 2 aromatic heterocycles. The van der Waals surface area contributed by atoms with Gasteiger partial charge >= 0.3 is 0 Å². The topological polar surface area (TPSA) is 89.2 Å². The average Bonchev–Trinajstić information content (AvgIpc) is 3.57. The van der Waals surface area contributed by atoms with Crippen molar-refractivity contribution in [1.82, 2.24) is 19.7 Å². The van der Waals surface area contributed by atoms with Gasteiger partial charge in [-0.15, -0.1) is 0 Å². The van der Waals surface area contributed by atoms with Gasteiger partial charge in [-0.05, 0) is 106 Å². The maximum Gasteiger partial charge on any atom is 0.214 e. The molecule has 210 valence electrons. The first-order chi connectivity index (χ1) is 19.8. The van der Waals surface area contributed by atoms with Crippen LogP contribution in [0.2, 0.25) is 0 Å². The van der Waals surface area contributed by atoms with E-state index in [1.54, 1.807) is 48.5 Å². The summed E-state index contributed by atoms with van der Waals surface area (Å²) in [6, 6.07) is 18.5. The number of anilines is 1. The number of nitrogens with two attached hydrogens (primary N) is 1. The van der Waals surface area contributed by atoms with Gasteiger partial charge in [-0.1, -0.05) is 12.1 Å². The van der Waals surface area contributed by atoms with E-state index in [-0.39, 0.29) is 34.6 Å². The molecule has 3 aromatic carbocycles. The first-order valence-corrected chi connectivity index (χ1v) is 13.8. The third kappa shape index (κ3) is 5.20. The summed E-state index contributed by atoms with van der Waals surface area (Å²) in [5, 5.41) is 5.10. The summed E-state index contributed by atoms with van der Waals surface area (Å²) in [6.07, 6.45) is 3.23. The number of nitrogen functional groups attached to an aromatic ring is 1. The van der Waals surface area contributed by atoms with Crippen molar-refractivity contribution in [2.75, 3.05) is 18.8 Å². The Morgan fingerprint density at radius 2 is 1.76 bits per heavy atom. The van der Waals surface area contributed by atoms with Crippen LogP contribution in [0.25, 0.3) is 16.6 Å². The molecule has 6 rings (SSSR count). The number of carbonyl (C=O) groups is 1. The fourth-order valence-corrected chi connectivity index (χ4v) is 5.53. The van der Waals surface area contributed by atoms with Crippen LogP contribution in [0.3, 0.4) is 0 Å². The van der Waals surface area contributed by atoms with Gasteiger partial charge in [0.05, 0.1) is 23.1 Å². The van der Waals surface area contributed by atoms with E-state index in [0.29, 0.717) is 34.3 Å². The Hall–Kier alpha value is -4.50. The minimum Gasteiger partial charge on any atom is -0.454 e. The number of para-hydroxylation sites is 1. The lowest BCUT2D eigenvalue weighted by molar-refractivity contribution is 0.103. The second-order valence-electron chi connectivity index (χ2n) is 10.8. The lowest BCUT2D eigenvalue weighted by Crippen LogP contribution is -2.37. The molecule has 0 unspecified atom stereocenters. The van der Waals surface area contributed by atoms with Crippen molar-refractivity contribution in [1.29, 1.82) is 0 Å². The number of aromatic amines is 1. The molecule has 0 aliphatic carbocycles. The van der Waals surface area contributed by atoms with Crippen LogP contribution in [0.1, 0.15) is 54.2 Å². The third-order valence-electron chi connectivity index (χ3n) is 7.88. The average molecular weight is 556 g/mol.